The lowest BCUT2D eigenvalue weighted by Gasteiger charge is -2.11. The normalized spacial score (nSPS) is 14.5. The minimum atomic E-state index is -0.932. The summed E-state index contributed by atoms with van der Waals surface area (Å²) in [6, 6.07) is 7.49. The summed E-state index contributed by atoms with van der Waals surface area (Å²) in [6.07, 6.45) is 1.35. The molecule has 1 rings (SSSR count). The molecule has 17 heavy (non-hydrogen) atoms. The largest absolute Gasteiger partial charge is 0.387 e. The van der Waals surface area contributed by atoms with E-state index in [0.717, 1.165) is 24.0 Å². The molecule has 0 spiro atoms. The molecule has 2 atom stereocenters. The van der Waals surface area contributed by atoms with Crippen LogP contribution in [0.5, 0.6) is 0 Å². The monoisotopic (exact) mass is 255 g/mol. The van der Waals surface area contributed by atoms with Gasteiger partial charge in [0.15, 0.2) is 0 Å². The highest BCUT2D eigenvalue weighted by Gasteiger charge is 2.11. The van der Waals surface area contributed by atoms with E-state index in [1.807, 2.05) is 24.3 Å². The maximum atomic E-state index is 11.6. The van der Waals surface area contributed by atoms with Crippen molar-refractivity contribution in [3.63, 3.8) is 0 Å². The van der Waals surface area contributed by atoms with Crippen molar-refractivity contribution in [1.82, 2.24) is 0 Å². The van der Waals surface area contributed by atoms with Crippen LogP contribution in [0.4, 0.5) is 0 Å². The second-order valence-electron chi connectivity index (χ2n) is 4.13. The molecule has 0 saturated heterocycles. The predicted octanol–water partition coefficient (Wildman–Crippen LogP) is 1.73. The van der Waals surface area contributed by atoms with E-state index in [9.17, 15) is 9.32 Å². The summed E-state index contributed by atoms with van der Waals surface area (Å²) in [6.45, 7) is 2.57. The van der Waals surface area contributed by atoms with Crippen LogP contribution >= 0.6 is 0 Å². The third-order valence-corrected chi connectivity index (χ3v) is 4.10. The van der Waals surface area contributed by atoms with Gasteiger partial charge in [0.05, 0.1) is 11.9 Å². The van der Waals surface area contributed by atoms with Gasteiger partial charge in [0, 0.05) is 23.1 Å². The molecule has 0 aliphatic carbocycles. The van der Waals surface area contributed by atoms with E-state index in [2.05, 4.69) is 6.92 Å². The van der Waals surface area contributed by atoms with Crippen molar-refractivity contribution in [2.45, 2.75) is 32.4 Å². The van der Waals surface area contributed by atoms with E-state index in [1.165, 1.54) is 0 Å². The fourth-order valence-electron chi connectivity index (χ4n) is 1.54. The minimum Gasteiger partial charge on any atom is -0.387 e. The summed E-state index contributed by atoms with van der Waals surface area (Å²) >= 11 is 0. The lowest BCUT2D eigenvalue weighted by Crippen LogP contribution is -2.11. The second-order valence-corrected chi connectivity index (χ2v) is 5.75. The van der Waals surface area contributed by atoms with Gasteiger partial charge in [0.2, 0.25) is 0 Å². The number of hydrogen-bond acceptors (Lipinski definition) is 3. The van der Waals surface area contributed by atoms with Crippen LogP contribution in [0.3, 0.4) is 0 Å². The molecule has 96 valence electrons. The van der Waals surface area contributed by atoms with E-state index in [1.54, 1.807) is 0 Å². The maximum absolute atomic E-state index is 11.6. The van der Waals surface area contributed by atoms with Gasteiger partial charge in [-0.2, -0.15) is 0 Å². The first kappa shape index (κ1) is 14.4. The van der Waals surface area contributed by atoms with Crippen molar-refractivity contribution in [3.05, 3.63) is 35.4 Å². The molecular weight excluding hydrogens is 234 g/mol. The third kappa shape index (κ3) is 4.98. The van der Waals surface area contributed by atoms with Crippen LogP contribution in [0, 0.1) is 0 Å². The Morgan fingerprint density at radius 3 is 2.53 bits per heavy atom. The molecule has 0 amide bonds. The van der Waals surface area contributed by atoms with E-state index in [-0.39, 0.29) is 0 Å². The highest BCUT2D eigenvalue weighted by Crippen LogP contribution is 2.15. The van der Waals surface area contributed by atoms with E-state index >= 15 is 0 Å². The highest BCUT2D eigenvalue weighted by molar-refractivity contribution is 7.85. The lowest BCUT2D eigenvalue weighted by molar-refractivity contribution is 0.203. The number of nitrogens with two attached hydrogens (primary N) is 1. The molecule has 3 nitrogen and oxygen atoms in total. The molecule has 0 aliphatic rings. The van der Waals surface area contributed by atoms with Crippen LogP contribution in [0.25, 0.3) is 0 Å². The second kappa shape index (κ2) is 7.58. The highest BCUT2D eigenvalue weighted by atomic mass is 32.2. The first-order valence-corrected chi connectivity index (χ1v) is 7.48. The molecular formula is C13H21NO2S. The Morgan fingerprint density at radius 1 is 1.35 bits per heavy atom. The smallest absolute Gasteiger partial charge is 0.0905 e. The number of unbranched alkanes of at least 4 members (excludes halogenated alkanes) is 1. The molecule has 3 N–H and O–H groups in total. The minimum absolute atomic E-state index is 0.321. The van der Waals surface area contributed by atoms with Crippen molar-refractivity contribution in [2.75, 3.05) is 11.5 Å². The van der Waals surface area contributed by atoms with E-state index < -0.39 is 16.9 Å². The Balaban J connectivity index is 2.51. The molecule has 0 aromatic heterocycles. The van der Waals surface area contributed by atoms with Crippen molar-refractivity contribution in [3.8, 4) is 0 Å². The van der Waals surface area contributed by atoms with E-state index in [0.29, 0.717) is 18.1 Å². The van der Waals surface area contributed by atoms with Crippen LogP contribution in [0.1, 0.15) is 37.0 Å². The van der Waals surface area contributed by atoms with Crippen LogP contribution < -0.4 is 5.73 Å². The first-order chi connectivity index (χ1) is 8.17. The predicted molar refractivity (Wildman–Crippen MR) is 72.1 cm³/mol. The van der Waals surface area contributed by atoms with Gasteiger partial charge in [-0.1, -0.05) is 37.6 Å². The summed E-state index contributed by atoms with van der Waals surface area (Å²) in [5.74, 6) is 0.996. The van der Waals surface area contributed by atoms with Crippen LogP contribution in [-0.2, 0) is 17.3 Å². The van der Waals surface area contributed by atoms with Gasteiger partial charge >= 0.3 is 0 Å². The molecule has 2 unspecified atom stereocenters. The van der Waals surface area contributed by atoms with Gasteiger partial charge in [-0.3, -0.25) is 4.21 Å². The van der Waals surface area contributed by atoms with Gasteiger partial charge in [0.25, 0.3) is 0 Å². The quantitative estimate of drug-likeness (QED) is 0.780. The zero-order valence-electron chi connectivity index (χ0n) is 10.3. The van der Waals surface area contributed by atoms with Crippen molar-refractivity contribution >= 4 is 10.8 Å². The summed E-state index contributed by atoms with van der Waals surface area (Å²) in [5, 5.41) is 9.93. The summed E-state index contributed by atoms with van der Waals surface area (Å²) in [7, 11) is -0.932. The maximum Gasteiger partial charge on any atom is 0.0905 e. The number of benzene rings is 1. The van der Waals surface area contributed by atoms with Crippen LogP contribution in [0.2, 0.25) is 0 Å². The molecule has 0 aliphatic heterocycles. The number of aliphatic hydroxyl groups is 1. The van der Waals surface area contributed by atoms with Crippen molar-refractivity contribution < 1.29 is 9.32 Å². The number of rotatable bonds is 7. The van der Waals surface area contributed by atoms with Gasteiger partial charge < -0.3 is 10.8 Å². The molecule has 0 bridgehead atoms. The van der Waals surface area contributed by atoms with Gasteiger partial charge in [0.1, 0.15) is 0 Å². The molecule has 1 aromatic carbocycles. The molecule has 0 radical (unpaired) electrons. The average Bonchev–Trinajstić information content (AvgIpc) is 2.36. The number of hydrogen-bond donors (Lipinski definition) is 2. The third-order valence-electron chi connectivity index (χ3n) is 2.67. The molecule has 0 heterocycles. The van der Waals surface area contributed by atoms with Gasteiger partial charge in [-0.25, -0.2) is 0 Å². The Bertz CT molecular complexity index is 351. The van der Waals surface area contributed by atoms with Crippen LogP contribution in [0.15, 0.2) is 24.3 Å². The Morgan fingerprint density at radius 2 is 2.00 bits per heavy atom. The fraction of sp³-hybridized carbons (Fsp3) is 0.538. The van der Waals surface area contributed by atoms with Crippen LogP contribution in [-0.4, -0.2) is 20.8 Å². The summed E-state index contributed by atoms with van der Waals surface area (Å²) < 4.78 is 11.6. The molecule has 1 aromatic rings. The standard InChI is InChI=1S/C13H21NO2S/c1-2-3-8-17(16)10-13(15)12-6-4-11(9-14)5-7-12/h4-7,13,15H,2-3,8-10,14H2,1H3. The van der Waals surface area contributed by atoms with E-state index in [4.69, 9.17) is 5.73 Å². The molecule has 0 fully saturated rings. The first-order valence-electron chi connectivity index (χ1n) is 5.99. The van der Waals surface area contributed by atoms with Crippen molar-refractivity contribution in [1.29, 1.82) is 0 Å². The topological polar surface area (TPSA) is 63.3 Å². The summed E-state index contributed by atoms with van der Waals surface area (Å²) in [5.41, 5.74) is 7.35. The fourth-order valence-corrected chi connectivity index (χ4v) is 2.86. The Hall–Kier alpha value is -0.710. The molecule has 4 heteroatoms. The summed E-state index contributed by atoms with van der Waals surface area (Å²) in [4.78, 5) is 0. The van der Waals surface area contributed by atoms with Gasteiger partial charge in [-0.05, 0) is 17.5 Å². The van der Waals surface area contributed by atoms with Gasteiger partial charge in [-0.15, -0.1) is 0 Å². The Kier molecular flexibility index (Phi) is 6.40. The average molecular weight is 255 g/mol. The van der Waals surface area contributed by atoms with Crippen molar-refractivity contribution in [2.24, 2.45) is 5.73 Å². The zero-order chi connectivity index (χ0) is 12.7. The lowest BCUT2D eigenvalue weighted by atomic mass is 10.1. The zero-order valence-corrected chi connectivity index (χ0v) is 11.1. The molecule has 0 saturated carbocycles. The Labute approximate surface area is 105 Å². The number of aliphatic hydroxyl groups excluding tert-OH is 1. The SMILES string of the molecule is CCCCS(=O)CC(O)c1ccc(CN)cc1.